The van der Waals surface area contributed by atoms with E-state index in [1.165, 1.54) is 25.3 Å². The molecule has 2 nitrogen and oxygen atoms in total. The van der Waals surface area contributed by atoms with E-state index in [9.17, 15) is 4.79 Å². The molecule has 96 valence electrons. The maximum absolute atomic E-state index is 10.8. The predicted molar refractivity (Wildman–Crippen MR) is 70.6 cm³/mol. The number of esters is 1. The van der Waals surface area contributed by atoms with Gasteiger partial charge >= 0.3 is 5.97 Å². The van der Waals surface area contributed by atoms with Gasteiger partial charge in [-0.25, -0.2) is 0 Å². The van der Waals surface area contributed by atoms with Crippen LogP contribution in [0.4, 0.5) is 0 Å². The summed E-state index contributed by atoms with van der Waals surface area (Å²) in [5.41, 5.74) is 1.56. The highest BCUT2D eigenvalue weighted by atomic mass is 16.5. The van der Waals surface area contributed by atoms with Gasteiger partial charge in [0.2, 0.25) is 0 Å². The van der Waals surface area contributed by atoms with Crippen LogP contribution in [0.1, 0.15) is 47.0 Å². The molecule has 1 saturated carbocycles. The summed E-state index contributed by atoms with van der Waals surface area (Å²) in [5, 5.41) is 0. The van der Waals surface area contributed by atoms with Crippen molar-refractivity contribution < 1.29 is 9.53 Å². The summed E-state index contributed by atoms with van der Waals surface area (Å²) in [6.45, 7) is 12.1. The monoisotopic (exact) mass is 236 g/mol. The van der Waals surface area contributed by atoms with E-state index in [2.05, 4.69) is 26.5 Å². The summed E-state index contributed by atoms with van der Waals surface area (Å²) in [7, 11) is 0. The molecule has 0 aliphatic heterocycles. The van der Waals surface area contributed by atoms with Gasteiger partial charge in [0.25, 0.3) is 0 Å². The Morgan fingerprint density at radius 3 is 2.76 bits per heavy atom. The van der Waals surface area contributed by atoms with Crippen molar-refractivity contribution in [2.45, 2.75) is 53.1 Å². The largest absolute Gasteiger partial charge is 0.459 e. The first-order valence-electron chi connectivity index (χ1n) is 6.36. The molecule has 0 aromatic rings. The van der Waals surface area contributed by atoms with Crippen LogP contribution in [-0.4, -0.2) is 12.1 Å². The van der Waals surface area contributed by atoms with Crippen LogP contribution in [0, 0.1) is 11.3 Å². The van der Waals surface area contributed by atoms with E-state index < -0.39 is 0 Å². The first-order chi connectivity index (χ1) is 7.83. The van der Waals surface area contributed by atoms with Gasteiger partial charge in [0, 0.05) is 12.8 Å². The average molecular weight is 236 g/mol. The van der Waals surface area contributed by atoms with Crippen LogP contribution in [0.25, 0.3) is 0 Å². The van der Waals surface area contributed by atoms with Gasteiger partial charge in [-0.05, 0) is 37.7 Å². The third kappa shape index (κ3) is 4.03. The summed E-state index contributed by atoms with van der Waals surface area (Å²) in [6, 6.07) is 0. The number of carbonyl (C=O) groups excluding carboxylic acids is 1. The summed E-state index contributed by atoms with van der Waals surface area (Å²) in [6.07, 6.45) is 7.55. The molecular formula is C15H24O2. The smallest absolute Gasteiger partial charge is 0.303 e. The summed E-state index contributed by atoms with van der Waals surface area (Å²) < 4.78 is 5.09. The molecule has 0 amide bonds. The van der Waals surface area contributed by atoms with Crippen LogP contribution in [0.5, 0.6) is 0 Å². The average Bonchev–Trinajstić information content (AvgIpc) is 2.14. The molecule has 0 bridgehead atoms. The zero-order chi connectivity index (χ0) is 13.1. The number of carbonyl (C=O) groups is 1. The fraction of sp³-hybridized carbons (Fsp3) is 0.667. The minimum absolute atomic E-state index is 0.155. The minimum Gasteiger partial charge on any atom is -0.459 e. The molecule has 1 aliphatic carbocycles. The lowest BCUT2D eigenvalue weighted by molar-refractivity contribution is -0.143. The molecule has 2 heteroatoms. The van der Waals surface area contributed by atoms with Crippen molar-refractivity contribution in [1.82, 2.24) is 0 Å². The molecule has 0 radical (unpaired) electrons. The van der Waals surface area contributed by atoms with Crippen LogP contribution < -0.4 is 0 Å². The van der Waals surface area contributed by atoms with Crippen molar-refractivity contribution in [3.05, 3.63) is 24.3 Å². The van der Waals surface area contributed by atoms with Crippen LogP contribution >= 0.6 is 0 Å². The second-order valence-corrected chi connectivity index (χ2v) is 5.68. The first-order valence-corrected chi connectivity index (χ1v) is 6.36. The second kappa shape index (κ2) is 5.52. The Kier molecular flexibility index (Phi) is 4.55. The van der Waals surface area contributed by atoms with Gasteiger partial charge in [-0.15, -0.1) is 0 Å². The molecule has 0 saturated heterocycles. The molecule has 1 fully saturated rings. The maximum Gasteiger partial charge on any atom is 0.303 e. The number of ether oxygens (including phenoxy) is 1. The second-order valence-electron chi connectivity index (χ2n) is 5.68. The van der Waals surface area contributed by atoms with E-state index in [1.807, 2.05) is 13.0 Å². The Hall–Kier alpha value is -1.05. The lowest BCUT2D eigenvalue weighted by Gasteiger charge is -2.38. The van der Waals surface area contributed by atoms with Crippen LogP contribution in [-0.2, 0) is 9.53 Å². The van der Waals surface area contributed by atoms with Gasteiger partial charge < -0.3 is 4.74 Å². The Morgan fingerprint density at radius 2 is 2.24 bits per heavy atom. The Labute approximate surface area is 105 Å². The summed E-state index contributed by atoms with van der Waals surface area (Å²) in [4.78, 5) is 10.8. The highest BCUT2D eigenvalue weighted by Crippen LogP contribution is 2.43. The van der Waals surface area contributed by atoms with E-state index >= 15 is 0 Å². The third-order valence-corrected chi connectivity index (χ3v) is 3.53. The van der Waals surface area contributed by atoms with Gasteiger partial charge in [0.05, 0.1) is 0 Å². The SMILES string of the molecule is C=C1CCCC(C)(C)C1/C=C/C(C)OC(C)=O. The fourth-order valence-corrected chi connectivity index (χ4v) is 2.60. The standard InChI is InChI=1S/C15H24O2/c1-11-7-6-10-15(4,5)14(11)9-8-12(2)17-13(3)16/h8-9,12,14H,1,6-7,10H2,2-5H3/b9-8+. The van der Waals surface area contributed by atoms with Gasteiger partial charge in [-0.2, -0.15) is 0 Å². The van der Waals surface area contributed by atoms with E-state index in [1.54, 1.807) is 0 Å². The molecule has 0 aromatic heterocycles. The van der Waals surface area contributed by atoms with Gasteiger partial charge in [0.1, 0.15) is 6.10 Å². The van der Waals surface area contributed by atoms with E-state index in [0.29, 0.717) is 5.92 Å². The quantitative estimate of drug-likeness (QED) is 0.549. The molecule has 0 spiro atoms. The van der Waals surface area contributed by atoms with Gasteiger partial charge in [-0.3, -0.25) is 4.79 Å². The normalized spacial score (nSPS) is 25.9. The molecule has 0 aromatic carbocycles. The van der Waals surface area contributed by atoms with E-state index in [-0.39, 0.29) is 17.5 Å². The van der Waals surface area contributed by atoms with Crippen molar-refractivity contribution in [3.8, 4) is 0 Å². The predicted octanol–water partition coefficient (Wildman–Crippen LogP) is 3.88. The molecule has 2 unspecified atom stereocenters. The lowest BCUT2D eigenvalue weighted by atomic mass is 9.66. The molecule has 2 atom stereocenters. The summed E-state index contributed by atoms with van der Waals surface area (Å²) >= 11 is 0. The molecule has 17 heavy (non-hydrogen) atoms. The number of hydrogen-bond donors (Lipinski definition) is 0. The third-order valence-electron chi connectivity index (χ3n) is 3.53. The molecule has 0 N–H and O–H groups in total. The lowest BCUT2D eigenvalue weighted by Crippen LogP contribution is -2.28. The van der Waals surface area contributed by atoms with Gasteiger partial charge in [-0.1, -0.05) is 32.1 Å². The topological polar surface area (TPSA) is 26.3 Å². The minimum atomic E-state index is -0.233. The number of hydrogen-bond acceptors (Lipinski definition) is 2. The van der Waals surface area contributed by atoms with Crippen molar-refractivity contribution in [3.63, 3.8) is 0 Å². The van der Waals surface area contributed by atoms with Crippen molar-refractivity contribution in [2.24, 2.45) is 11.3 Å². The van der Waals surface area contributed by atoms with Crippen LogP contribution in [0.2, 0.25) is 0 Å². The van der Waals surface area contributed by atoms with Gasteiger partial charge in [0.15, 0.2) is 0 Å². The summed E-state index contributed by atoms with van der Waals surface area (Å²) in [5.74, 6) is 0.165. The first kappa shape index (κ1) is 14.0. The fourth-order valence-electron chi connectivity index (χ4n) is 2.60. The highest BCUT2D eigenvalue weighted by Gasteiger charge is 2.32. The molecular weight excluding hydrogens is 212 g/mol. The Balaban J connectivity index is 2.67. The molecule has 1 aliphatic rings. The highest BCUT2D eigenvalue weighted by molar-refractivity contribution is 5.66. The zero-order valence-corrected chi connectivity index (χ0v) is 11.5. The zero-order valence-electron chi connectivity index (χ0n) is 11.5. The van der Waals surface area contributed by atoms with Crippen molar-refractivity contribution in [1.29, 1.82) is 0 Å². The number of allylic oxidation sites excluding steroid dienone is 2. The molecule has 0 heterocycles. The molecule has 1 rings (SSSR count). The Bertz CT molecular complexity index is 326. The van der Waals surface area contributed by atoms with E-state index in [4.69, 9.17) is 4.74 Å². The van der Waals surface area contributed by atoms with Crippen molar-refractivity contribution in [2.75, 3.05) is 0 Å². The number of rotatable bonds is 3. The Morgan fingerprint density at radius 1 is 1.59 bits per heavy atom. The van der Waals surface area contributed by atoms with Crippen LogP contribution in [0.3, 0.4) is 0 Å². The van der Waals surface area contributed by atoms with Crippen LogP contribution in [0.15, 0.2) is 24.3 Å². The van der Waals surface area contributed by atoms with E-state index in [0.717, 1.165) is 6.42 Å². The maximum atomic E-state index is 10.8. The van der Waals surface area contributed by atoms with Crippen molar-refractivity contribution >= 4 is 5.97 Å².